The SMILES string of the molecule is C#Cc1cccc(NCCSC)c1. The Morgan fingerprint density at radius 2 is 2.38 bits per heavy atom. The highest BCUT2D eigenvalue weighted by Crippen LogP contribution is 2.09. The van der Waals surface area contributed by atoms with E-state index in [0.717, 1.165) is 23.5 Å². The molecule has 0 aromatic heterocycles. The van der Waals surface area contributed by atoms with Crippen LogP contribution in [0.3, 0.4) is 0 Å². The van der Waals surface area contributed by atoms with Gasteiger partial charge in [-0.15, -0.1) is 6.42 Å². The molecule has 0 aliphatic rings. The Morgan fingerprint density at radius 3 is 3.08 bits per heavy atom. The van der Waals surface area contributed by atoms with Crippen molar-refractivity contribution in [1.29, 1.82) is 0 Å². The maximum Gasteiger partial charge on any atom is 0.0352 e. The van der Waals surface area contributed by atoms with Crippen LogP contribution in [0.2, 0.25) is 0 Å². The minimum atomic E-state index is 0.925. The number of nitrogens with one attached hydrogen (secondary N) is 1. The third-order valence-electron chi connectivity index (χ3n) is 1.66. The van der Waals surface area contributed by atoms with Crippen molar-refractivity contribution in [2.75, 3.05) is 23.9 Å². The quantitative estimate of drug-likeness (QED) is 0.579. The maximum atomic E-state index is 5.29. The monoisotopic (exact) mass is 191 g/mol. The second-order valence-electron chi connectivity index (χ2n) is 2.64. The van der Waals surface area contributed by atoms with Gasteiger partial charge in [-0.3, -0.25) is 0 Å². The van der Waals surface area contributed by atoms with Gasteiger partial charge < -0.3 is 5.32 Å². The van der Waals surface area contributed by atoms with Crippen molar-refractivity contribution in [1.82, 2.24) is 0 Å². The molecule has 0 unspecified atom stereocenters. The molecule has 0 spiro atoms. The van der Waals surface area contributed by atoms with E-state index in [1.165, 1.54) is 0 Å². The predicted octanol–water partition coefficient (Wildman–Crippen LogP) is 2.44. The number of rotatable bonds is 4. The molecule has 0 aliphatic carbocycles. The van der Waals surface area contributed by atoms with Crippen LogP contribution in [0.1, 0.15) is 5.56 Å². The summed E-state index contributed by atoms with van der Waals surface area (Å²) in [6.07, 6.45) is 7.39. The molecular weight excluding hydrogens is 178 g/mol. The van der Waals surface area contributed by atoms with Gasteiger partial charge >= 0.3 is 0 Å². The lowest BCUT2D eigenvalue weighted by Crippen LogP contribution is -2.03. The van der Waals surface area contributed by atoms with E-state index in [4.69, 9.17) is 6.42 Å². The zero-order chi connectivity index (χ0) is 9.52. The number of hydrogen-bond donors (Lipinski definition) is 1. The Hall–Kier alpha value is -1.07. The Balaban J connectivity index is 2.52. The third kappa shape index (κ3) is 3.43. The van der Waals surface area contributed by atoms with Crippen molar-refractivity contribution in [3.63, 3.8) is 0 Å². The molecule has 0 saturated heterocycles. The Kier molecular flexibility index (Phi) is 4.28. The van der Waals surface area contributed by atoms with Crippen molar-refractivity contribution in [3.05, 3.63) is 29.8 Å². The zero-order valence-electron chi connectivity index (χ0n) is 7.71. The molecule has 0 heterocycles. The molecule has 1 aromatic rings. The summed E-state index contributed by atoms with van der Waals surface area (Å²) < 4.78 is 0. The van der Waals surface area contributed by atoms with Crippen LogP contribution in [-0.2, 0) is 0 Å². The molecule has 1 N–H and O–H groups in total. The van der Waals surface area contributed by atoms with E-state index in [1.807, 2.05) is 36.0 Å². The maximum absolute atomic E-state index is 5.29. The minimum Gasteiger partial charge on any atom is -0.384 e. The van der Waals surface area contributed by atoms with Crippen molar-refractivity contribution < 1.29 is 0 Å². The fourth-order valence-electron chi connectivity index (χ4n) is 1.02. The highest BCUT2D eigenvalue weighted by atomic mass is 32.2. The average Bonchev–Trinajstić information content (AvgIpc) is 2.19. The molecule has 0 bridgehead atoms. The van der Waals surface area contributed by atoms with Gasteiger partial charge in [0.1, 0.15) is 0 Å². The van der Waals surface area contributed by atoms with Gasteiger partial charge in [0.05, 0.1) is 0 Å². The van der Waals surface area contributed by atoms with Crippen LogP contribution in [0.4, 0.5) is 5.69 Å². The first kappa shape index (κ1) is 10.0. The van der Waals surface area contributed by atoms with E-state index in [9.17, 15) is 0 Å². The molecule has 0 atom stereocenters. The Bertz CT molecular complexity index is 301. The summed E-state index contributed by atoms with van der Waals surface area (Å²) in [5.74, 6) is 3.72. The number of benzene rings is 1. The lowest BCUT2D eigenvalue weighted by molar-refractivity contribution is 1.23. The normalized spacial score (nSPS) is 9.23. The molecule has 13 heavy (non-hydrogen) atoms. The summed E-state index contributed by atoms with van der Waals surface area (Å²) in [5.41, 5.74) is 2.03. The predicted molar refractivity (Wildman–Crippen MR) is 61.2 cm³/mol. The summed E-state index contributed by atoms with van der Waals surface area (Å²) >= 11 is 1.83. The van der Waals surface area contributed by atoms with E-state index in [1.54, 1.807) is 0 Å². The van der Waals surface area contributed by atoms with Crippen LogP contribution >= 0.6 is 11.8 Å². The van der Waals surface area contributed by atoms with Gasteiger partial charge in [-0.25, -0.2) is 0 Å². The smallest absolute Gasteiger partial charge is 0.0352 e. The highest BCUT2D eigenvalue weighted by molar-refractivity contribution is 7.98. The first-order valence-electron chi connectivity index (χ1n) is 4.16. The minimum absolute atomic E-state index is 0.925. The van der Waals surface area contributed by atoms with Crippen LogP contribution < -0.4 is 5.32 Å². The molecule has 0 radical (unpaired) electrons. The van der Waals surface area contributed by atoms with E-state index in [-0.39, 0.29) is 0 Å². The van der Waals surface area contributed by atoms with Crippen LogP contribution in [0.5, 0.6) is 0 Å². The summed E-state index contributed by atoms with van der Waals surface area (Å²) in [7, 11) is 0. The number of terminal acetylenes is 1. The summed E-state index contributed by atoms with van der Waals surface area (Å²) in [6.45, 7) is 0.981. The van der Waals surface area contributed by atoms with Crippen molar-refractivity contribution in [2.45, 2.75) is 0 Å². The Morgan fingerprint density at radius 1 is 1.54 bits per heavy atom. The van der Waals surface area contributed by atoms with Crippen LogP contribution in [0.15, 0.2) is 24.3 Å². The van der Waals surface area contributed by atoms with Crippen LogP contribution in [-0.4, -0.2) is 18.6 Å². The molecule has 68 valence electrons. The molecule has 0 saturated carbocycles. The second kappa shape index (κ2) is 5.55. The van der Waals surface area contributed by atoms with E-state index in [2.05, 4.69) is 17.5 Å². The zero-order valence-corrected chi connectivity index (χ0v) is 8.53. The molecule has 1 nitrogen and oxygen atoms in total. The van der Waals surface area contributed by atoms with Gasteiger partial charge in [-0.05, 0) is 24.5 Å². The van der Waals surface area contributed by atoms with Crippen molar-refractivity contribution in [2.24, 2.45) is 0 Å². The largest absolute Gasteiger partial charge is 0.384 e. The number of hydrogen-bond acceptors (Lipinski definition) is 2. The van der Waals surface area contributed by atoms with Gasteiger partial charge in [-0.2, -0.15) is 11.8 Å². The summed E-state index contributed by atoms with van der Waals surface area (Å²) in [6, 6.07) is 7.91. The van der Waals surface area contributed by atoms with Crippen molar-refractivity contribution >= 4 is 17.4 Å². The van der Waals surface area contributed by atoms with Gasteiger partial charge in [0.15, 0.2) is 0 Å². The molecule has 0 aliphatic heterocycles. The first-order valence-corrected chi connectivity index (χ1v) is 5.55. The number of thioether (sulfide) groups is 1. The average molecular weight is 191 g/mol. The Labute approximate surface area is 83.9 Å². The fourth-order valence-corrected chi connectivity index (χ4v) is 1.32. The number of anilines is 1. The van der Waals surface area contributed by atoms with Gasteiger partial charge in [0.2, 0.25) is 0 Å². The highest BCUT2D eigenvalue weighted by Gasteiger charge is 1.91. The molecular formula is C11H13NS. The molecule has 1 rings (SSSR count). The second-order valence-corrected chi connectivity index (χ2v) is 3.63. The lowest BCUT2D eigenvalue weighted by atomic mass is 10.2. The van der Waals surface area contributed by atoms with Gasteiger partial charge in [0, 0.05) is 23.5 Å². The van der Waals surface area contributed by atoms with Crippen LogP contribution in [0, 0.1) is 12.3 Å². The topological polar surface area (TPSA) is 12.0 Å². The van der Waals surface area contributed by atoms with E-state index in [0.29, 0.717) is 0 Å². The summed E-state index contributed by atoms with van der Waals surface area (Å²) in [5, 5.41) is 3.30. The molecule has 0 amide bonds. The van der Waals surface area contributed by atoms with E-state index < -0.39 is 0 Å². The van der Waals surface area contributed by atoms with E-state index >= 15 is 0 Å². The lowest BCUT2D eigenvalue weighted by Gasteiger charge is -2.04. The first-order chi connectivity index (χ1) is 6.36. The van der Waals surface area contributed by atoms with Gasteiger partial charge in [-0.1, -0.05) is 12.0 Å². The van der Waals surface area contributed by atoms with Crippen molar-refractivity contribution in [3.8, 4) is 12.3 Å². The molecule has 1 aromatic carbocycles. The fraction of sp³-hybridized carbons (Fsp3) is 0.273. The molecule has 0 fully saturated rings. The van der Waals surface area contributed by atoms with Crippen LogP contribution in [0.25, 0.3) is 0 Å². The standard InChI is InChI=1S/C11H13NS/c1-3-10-5-4-6-11(9-10)12-7-8-13-2/h1,4-6,9,12H,7-8H2,2H3. The summed E-state index contributed by atoms with van der Waals surface area (Å²) in [4.78, 5) is 0. The third-order valence-corrected chi connectivity index (χ3v) is 2.28. The van der Waals surface area contributed by atoms with Gasteiger partial charge in [0.25, 0.3) is 0 Å². The molecule has 2 heteroatoms.